The fourth-order valence-corrected chi connectivity index (χ4v) is 3.10. The van der Waals surface area contributed by atoms with Gasteiger partial charge in [0.1, 0.15) is 17.1 Å². The Morgan fingerprint density at radius 2 is 2.00 bits per heavy atom. The van der Waals surface area contributed by atoms with Crippen LogP contribution < -0.4 is 5.32 Å². The Hall–Kier alpha value is -3.16. The van der Waals surface area contributed by atoms with Crippen LogP contribution in [0, 0.1) is 24.0 Å². The predicted molar refractivity (Wildman–Crippen MR) is 87.7 cm³/mol. The van der Waals surface area contributed by atoms with Crippen LogP contribution in [0.2, 0.25) is 0 Å². The molecule has 8 nitrogen and oxygen atoms in total. The van der Waals surface area contributed by atoms with E-state index in [2.05, 4.69) is 5.32 Å². The number of hydrogen-bond donors (Lipinski definition) is 1. The number of carbonyl (C=O) groups excluding carboxylic acids is 2. The second-order valence-corrected chi connectivity index (χ2v) is 6.20. The van der Waals surface area contributed by atoms with E-state index >= 15 is 0 Å². The van der Waals surface area contributed by atoms with Gasteiger partial charge in [-0.1, -0.05) is 12.1 Å². The summed E-state index contributed by atoms with van der Waals surface area (Å²) in [5.41, 5.74) is -0.208. The molecular weight excluding hydrogens is 326 g/mol. The molecule has 8 heteroatoms. The fourth-order valence-electron chi connectivity index (χ4n) is 3.10. The van der Waals surface area contributed by atoms with Crippen LogP contribution in [-0.4, -0.2) is 21.8 Å². The number of nitrogens with zero attached hydrogens (tertiary/aromatic N) is 2. The number of benzene rings is 1. The lowest BCUT2D eigenvalue weighted by atomic mass is 9.92. The number of nitro benzene ring substituents is 1. The molecule has 0 saturated carbocycles. The van der Waals surface area contributed by atoms with Crippen molar-refractivity contribution in [1.82, 2.24) is 10.2 Å². The maximum atomic E-state index is 12.9. The maximum absolute atomic E-state index is 12.9. The van der Waals surface area contributed by atoms with Gasteiger partial charge in [0.25, 0.3) is 11.6 Å². The molecule has 2 heterocycles. The van der Waals surface area contributed by atoms with Gasteiger partial charge in [-0.05, 0) is 32.4 Å². The normalized spacial score (nSPS) is 20.0. The van der Waals surface area contributed by atoms with Gasteiger partial charge in [-0.2, -0.15) is 0 Å². The lowest BCUT2D eigenvalue weighted by Crippen LogP contribution is -2.41. The zero-order chi connectivity index (χ0) is 18.4. The Labute approximate surface area is 143 Å². The average molecular weight is 343 g/mol. The van der Waals surface area contributed by atoms with Crippen LogP contribution >= 0.6 is 0 Å². The minimum absolute atomic E-state index is 0.0438. The fraction of sp³-hybridized carbons (Fsp3) is 0.294. The Morgan fingerprint density at radius 1 is 1.28 bits per heavy atom. The van der Waals surface area contributed by atoms with E-state index in [0.717, 1.165) is 4.90 Å². The third kappa shape index (κ3) is 2.75. The van der Waals surface area contributed by atoms with Crippen LogP contribution in [0.25, 0.3) is 0 Å². The molecule has 25 heavy (non-hydrogen) atoms. The predicted octanol–water partition coefficient (Wildman–Crippen LogP) is 2.77. The Morgan fingerprint density at radius 3 is 2.60 bits per heavy atom. The summed E-state index contributed by atoms with van der Waals surface area (Å²) in [6.07, 6.45) is 0. The van der Waals surface area contributed by atoms with E-state index in [1.54, 1.807) is 32.9 Å². The number of hydrogen-bond acceptors (Lipinski definition) is 5. The summed E-state index contributed by atoms with van der Waals surface area (Å²) in [7, 11) is 0. The lowest BCUT2D eigenvalue weighted by Gasteiger charge is -2.21. The molecular formula is C17H17N3O5. The van der Waals surface area contributed by atoms with Gasteiger partial charge in [0.05, 0.1) is 11.5 Å². The summed E-state index contributed by atoms with van der Waals surface area (Å²) in [4.78, 5) is 36.7. The molecule has 3 amide bonds. The quantitative estimate of drug-likeness (QED) is 0.522. The van der Waals surface area contributed by atoms with Crippen LogP contribution in [0.1, 0.15) is 29.6 Å². The third-order valence-electron chi connectivity index (χ3n) is 4.32. The van der Waals surface area contributed by atoms with Crippen molar-refractivity contribution >= 4 is 17.6 Å². The van der Waals surface area contributed by atoms with Crippen molar-refractivity contribution in [2.45, 2.75) is 32.9 Å². The SMILES string of the molecule is Cc1cc(C2(C)NC(=O)N(Cc3cccc([N+](=O)[O-])c3)C2=O)c(C)o1. The Kier molecular flexibility index (Phi) is 3.82. The first-order valence-corrected chi connectivity index (χ1v) is 7.67. The molecule has 0 radical (unpaired) electrons. The number of imide groups is 1. The summed E-state index contributed by atoms with van der Waals surface area (Å²) < 4.78 is 5.47. The van der Waals surface area contributed by atoms with Gasteiger partial charge in [0.15, 0.2) is 0 Å². The molecule has 1 aliphatic rings. The lowest BCUT2D eigenvalue weighted by molar-refractivity contribution is -0.384. The van der Waals surface area contributed by atoms with Crippen LogP contribution in [-0.2, 0) is 16.9 Å². The van der Waals surface area contributed by atoms with Crippen LogP contribution in [0.4, 0.5) is 10.5 Å². The van der Waals surface area contributed by atoms with Gasteiger partial charge >= 0.3 is 6.03 Å². The minimum atomic E-state index is -1.22. The van der Waals surface area contributed by atoms with E-state index < -0.39 is 22.4 Å². The summed E-state index contributed by atoms with van der Waals surface area (Å²) >= 11 is 0. The van der Waals surface area contributed by atoms with E-state index in [9.17, 15) is 19.7 Å². The number of aryl methyl sites for hydroxylation is 2. The van der Waals surface area contributed by atoms with Crippen molar-refractivity contribution < 1.29 is 18.9 Å². The van der Waals surface area contributed by atoms with Crippen molar-refractivity contribution in [3.63, 3.8) is 0 Å². The van der Waals surface area contributed by atoms with Crippen LogP contribution in [0.5, 0.6) is 0 Å². The zero-order valence-corrected chi connectivity index (χ0v) is 14.0. The topological polar surface area (TPSA) is 106 Å². The second kappa shape index (κ2) is 5.73. The summed E-state index contributed by atoms with van der Waals surface area (Å²) in [5.74, 6) is 0.784. The van der Waals surface area contributed by atoms with Crippen molar-refractivity contribution in [2.24, 2.45) is 0 Å². The highest BCUT2D eigenvalue weighted by atomic mass is 16.6. The highest BCUT2D eigenvalue weighted by Crippen LogP contribution is 2.33. The molecule has 1 N–H and O–H groups in total. The first-order chi connectivity index (χ1) is 11.7. The molecule has 130 valence electrons. The van der Waals surface area contributed by atoms with E-state index in [0.29, 0.717) is 22.6 Å². The van der Waals surface area contributed by atoms with Crippen LogP contribution in [0.15, 0.2) is 34.7 Å². The number of nitro groups is 1. The smallest absolute Gasteiger partial charge is 0.325 e. The van der Waals surface area contributed by atoms with Crippen molar-refractivity contribution in [3.8, 4) is 0 Å². The molecule has 1 atom stereocenters. The van der Waals surface area contributed by atoms with Gasteiger partial charge in [0, 0.05) is 17.7 Å². The van der Waals surface area contributed by atoms with Gasteiger partial charge in [-0.15, -0.1) is 0 Å². The summed E-state index contributed by atoms with van der Waals surface area (Å²) in [5, 5.41) is 13.6. The van der Waals surface area contributed by atoms with Gasteiger partial charge in [-0.3, -0.25) is 19.8 Å². The molecule has 0 spiro atoms. The third-order valence-corrected chi connectivity index (χ3v) is 4.32. The minimum Gasteiger partial charge on any atom is -0.466 e. The highest BCUT2D eigenvalue weighted by Gasteiger charge is 2.50. The molecule has 0 bridgehead atoms. The van der Waals surface area contributed by atoms with E-state index in [4.69, 9.17) is 4.42 Å². The molecule has 3 rings (SSSR count). The Bertz CT molecular complexity index is 888. The molecule has 1 unspecified atom stereocenters. The zero-order valence-electron chi connectivity index (χ0n) is 14.0. The molecule has 1 aromatic carbocycles. The molecule has 1 fully saturated rings. The number of furan rings is 1. The van der Waals surface area contributed by atoms with Gasteiger partial charge in [0.2, 0.25) is 0 Å². The van der Waals surface area contributed by atoms with Gasteiger partial charge in [-0.25, -0.2) is 4.79 Å². The highest BCUT2D eigenvalue weighted by molar-refractivity contribution is 6.07. The number of urea groups is 1. The largest absolute Gasteiger partial charge is 0.466 e. The summed E-state index contributed by atoms with van der Waals surface area (Å²) in [6.45, 7) is 5.08. The van der Waals surface area contributed by atoms with Crippen molar-refractivity contribution in [1.29, 1.82) is 0 Å². The van der Waals surface area contributed by atoms with Gasteiger partial charge < -0.3 is 9.73 Å². The Balaban J connectivity index is 1.90. The standard InChI is InChI=1S/C17H17N3O5/c1-10-7-14(11(2)25-10)17(3)15(21)19(16(22)18-17)9-12-5-4-6-13(8-12)20(23)24/h4-8H,9H2,1-3H3,(H,18,22). The molecule has 1 aromatic heterocycles. The van der Waals surface area contributed by atoms with E-state index in [1.165, 1.54) is 18.2 Å². The monoisotopic (exact) mass is 343 g/mol. The van der Waals surface area contributed by atoms with Crippen molar-refractivity contribution in [3.05, 3.63) is 63.1 Å². The molecule has 1 saturated heterocycles. The number of rotatable bonds is 4. The number of carbonyl (C=O) groups is 2. The van der Waals surface area contributed by atoms with E-state index in [1.807, 2.05) is 0 Å². The molecule has 0 aliphatic carbocycles. The summed E-state index contributed by atoms with van der Waals surface area (Å²) in [6, 6.07) is 7.05. The number of non-ortho nitro benzene ring substituents is 1. The first kappa shape index (κ1) is 16.7. The van der Waals surface area contributed by atoms with E-state index in [-0.39, 0.29) is 12.2 Å². The second-order valence-electron chi connectivity index (χ2n) is 6.20. The van der Waals surface area contributed by atoms with Crippen molar-refractivity contribution in [2.75, 3.05) is 0 Å². The number of nitrogens with one attached hydrogen (secondary N) is 1. The molecule has 2 aromatic rings. The average Bonchev–Trinajstić information content (AvgIpc) is 3.00. The molecule has 1 aliphatic heterocycles. The maximum Gasteiger partial charge on any atom is 0.325 e. The number of amides is 3. The first-order valence-electron chi connectivity index (χ1n) is 7.67. The van der Waals surface area contributed by atoms with Crippen LogP contribution in [0.3, 0.4) is 0 Å².